The van der Waals surface area contributed by atoms with E-state index in [1.807, 2.05) is 18.2 Å². The number of carboxylic acid groups (broad SMARTS) is 1. The van der Waals surface area contributed by atoms with Gasteiger partial charge in [0.05, 0.1) is 6.42 Å². The molecule has 0 aliphatic carbocycles. The average molecular weight is 348 g/mol. The molecule has 0 bridgehead atoms. The van der Waals surface area contributed by atoms with Crippen molar-refractivity contribution in [2.75, 3.05) is 0 Å². The number of halogens is 1. The number of oxazole rings is 1. The summed E-state index contributed by atoms with van der Waals surface area (Å²) in [6.45, 7) is 0. The van der Waals surface area contributed by atoms with Crippen LogP contribution in [0.1, 0.15) is 5.69 Å². The Morgan fingerprint density at radius 1 is 1.12 bits per heavy atom. The lowest BCUT2D eigenvalue weighted by Gasteiger charge is -2.02. The Morgan fingerprint density at radius 3 is 2.42 bits per heavy atom. The predicted molar refractivity (Wildman–Crippen MR) is 88.4 cm³/mol. The molecule has 24 heavy (non-hydrogen) atoms. The van der Waals surface area contributed by atoms with E-state index in [-0.39, 0.29) is 29.4 Å². The molecule has 3 rings (SSSR count). The summed E-state index contributed by atoms with van der Waals surface area (Å²) in [6.07, 6.45) is -0.292. The Morgan fingerprint density at radius 2 is 1.79 bits per heavy atom. The van der Waals surface area contributed by atoms with Gasteiger partial charge in [-0.3, -0.25) is 4.79 Å². The van der Waals surface area contributed by atoms with Gasteiger partial charge < -0.3 is 19.7 Å². The van der Waals surface area contributed by atoms with Crippen LogP contribution in [0.15, 0.2) is 59.0 Å². The van der Waals surface area contributed by atoms with E-state index >= 15 is 0 Å². The van der Waals surface area contributed by atoms with Crippen LogP contribution in [-0.2, 0) is 11.2 Å². The number of carbonyl (C=O) groups is 1. The molecule has 3 N–H and O–H groups in total. The molecule has 1 heterocycles. The van der Waals surface area contributed by atoms with Crippen LogP contribution in [0.3, 0.4) is 0 Å². The normalized spacial score (nSPS) is 10.0. The molecule has 0 saturated carbocycles. The molecule has 7 heteroatoms. The van der Waals surface area contributed by atoms with Crippen molar-refractivity contribution in [2.45, 2.75) is 6.42 Å². The molecule has 2 aromatic carbocycles. The van der Waals surface area contributed by atoms with Crippen LogP contribution < -0.4 is 4.74 Å². The third-order valence-corrected chi connectivity index (χ3v) is 3.28. The van der Waals surface area contributed by atoms with E-state index in [0.717, 1.165) is 0 Å². The van der Waals surface area contributed by atoms with Gasteiger partial charge in [0.2, 0.25) is 5.89 Å². The molecule has 1 aromatic heterocycles. The molecule has 0 spiro atoms. The highest BCUT2D eigenvalue weighted by molar-refractivity contribution is 6.30. The number of para-hydroxylation sites is 1. The molecule has 0 fully saturated rings. The maximum Gasteiger partial charge on any atom is 0.315 e. The molecule has 0 aliphatic rings. The van der Waals surface area contributed by atoms with E-state index in [2.05, 4.69) is 4.98 Å². The highest BCUT2D eigenvalue weighted by atomic mass is 35.5. The Hall–Kier alpha value is -2.83. The first-order valence-corrected chi connectivity index (χ1v) is 7.20. The van der Waals surface area contributed by atoms with Crippen molar-refractivity contribution in [3.63, 3.8) is 0 Å². The van der Waals surface area contributed by atoms with Crippen LogP contribution in [0.2, 0.25) is 5.02 Å². The van der Waals surface area contributed by atoms with Crippen LogP contribution in [0.5, 0.6) is 11.7 Å². The minimum absolute atomic E-state index is 0. The van der Waals surface area contributed by atoms with Gasteiger partial charge in [-0.2, -0.15) is 0 Å². The summed E-state index contributed by atoms with van der Waals surface area (Å²) >= 11 is 5.86. The first-order chi connectivity index (χ1) is 11.1. The van der Waals surface area contributed by atoms with Crippen molar-refractivity contribution in [1.82, 2.24) is 4.98 Å². The quantitative estimate of drug-likeness (QED) is 0.759. The number of hydrogen-bond acceptors (Lipinski definition) is 4. The summed E-state index contributed by atoms with van der Waals surface area (Å²) in [4.78, 5) is 15.2. The van der Waals surface area contributed by atoms with E-state index in [0.29, 0.717) is 16.3 Å². The van der Waals surface area contributed by atoms with Gasteiger partial charge in [-0.15, -0.1) is 0 Å². The lowest BCUT2D eigenvalue weighted by molar-refractivity contribution is -0.136. The van der Waals surface area contributed by atoms with Crippen molar-refractivity contribution in [2.24, 2.45) is 0 Å². The second-order valence-corrected chi connectivity index (χ2v) is 5.18. The number of carboxylic acids is 1. The first-order valence-electron chi connectivity index (χ1n) is 6.82. The molecule has 0 saturated heterocycles. The van der Waals surface area contributed by atoms with E-state index < -0.39 is 5.97 Å². The number of ether oxygens (including phenoxy) is 1. The van der Waals surface area contributed by atoms with Gasteiger partial charge in [-0.1, -0.05) is 29.8 Å². The highest BCUT2D eigenvalue weighted by Gasteiger charge is 2.19. The van der Waals surface area contributed by atoms with Crippen molar-refractivity contribution in [3.05, 3.63) is 65.3 Å². The van der Waals surface area contributed by atoms with Gasteiger partial charge in [0.1, 0.15) is 11.4 Å². The second kappa shape index (κ2) is 7.63. The number of hydrogen-bond donors (Lipinski definition) is 1. The maximum atomic E-state index is 11.0. The van der Waals surface area contributed by atoms with Crippen LogP contribution >= 0.6 is 11.6 Å². The second-order valence-electron chi connectivity index (χ2n) is 4.75. The van der Waals surface area contributed by atoms with Gasteiger partial charge in [0.25, 0.3) is 0 Å². The zero-order valence-electron chi connectivity index (χ0n) is 12.4. The Balaban J connectivity index is 0.00000208. The molecule has 0 aliphatic heterocycles. The fraction of sp³-hybridized carbons (Fsp3) is 0.0588. The van der Waals surface area contributed by atoms with Crippen molar-refractivity contribution in [3.8, 4) is 23.1 Å². The molecule has 124 valence electrons. The first kappa shape index (κ1) is 17.5. The highest BCUT2D eigenvalue weighted by Crippen LogP contribution is 2.31. The fourth-order valence-electron chi connectivity index (χ4n) is 1.98. The number of nitrogens with zero attached hydrogens (tertiary/aromatic N) is 1. The summed E-state index contributed by atoms with van der Waals surface area (Å²) in [5, 5.41) is 9.61. The molecule has 0 radical (unpaired) electrons. The van der Waals surface area contributed by atoms with Gasteiger partial charge in [-0.25, -0.2) is 4.98 Å². The summed E-state index contributed by atoms with van der Waals surface area (Å²) in [7, 11) is 0. The standard InChI is InChI=1S/C17H12ClNO4.H2O/c18-12-8-6-11(7-9-12)16-19-14(10-15(20)21)17(23-16)22-13-4-2-1-3-5-13;/h1-9H,10H2,(H,20,21);1H2. The summed E-state index contributed by atoms with van der Waals surface area (Å²) in [5.41, 5.74) is 0.912. The Kier molecular flexibility index (Phi) is 5.57. The molecular weight excluding hydrogens is 334 g/mol. The molecule has 3 aromatic rings. The number of aliphatic carboxylic acids is 1. The number of rotatable bonds is 5. The molecule has 0 unspecified atom stereocenters. The SMILES string of the molecule is O.O=C(O)Cc1nc(-c2ccc(Cl)cc2)oc1Oc1ccccc1. The minimum Gasteiger partial charge on any atom is -0.481 e. The number of aromatic nitrogens is 1. The van der Waals surface area contributed by atoms with E-state index in [1.54, 1.807) is 36.4 Å². The van der Waals surface area contributed by atoms with Crippen LogP contribution in [0.4, 0.5) is 0 Å². The minimum atomic E-state index is -1.01. The van der Waals surface area contributed by atoms with E-state index in [9.17, 15) is 4.79 Å². The summed E-state index contributed by atoms with van der Waals surface area (Å²) in [5.74, 6) is -0.121. The lowest BCUT2D eigenvalue weighted by Crippen LogP contribution is -2.01. The largest absolute Gasteiger partial charge is 0.481 e. The van der Waals surface area contributed by atoms with Crippen molar-refractivity contribution < 1.29 is 24.5 Å². The van der Waals surface area contributed by atoms with E-state index in [4.69, 9.17) is 25.9 Å². The third kappa shape index (κ3) is 4.13. The Labute approximate surface area is 142 Å². The maximum absolute atomic E-state index is 11.0. The van der Waals surface area contributed by atoms with Gasteiger partial charge in [0.15, 0.2) is 0 Å². The molecule has 6 nitrogen and oxygen atoms in total. The Bertz CT molecular complexity index is 815. The monoisotopic (exact) mass is 347 g/mol. The molecule has 0 amide bonds. The van der Waals surface area contributed by atoms with Gasteiger partial charge in [0, 0.05) is 10.6 Å². The van der Waals surface area contributed by atoms with Gasteiger partial charge >= 0.3 is 11.9 Å². The zero-order chi connectivity index (χ0) is 16.2. The molecule has 0 atom stereocenters. The number of benzene rings is 2. The van der Waals surface area contributed by atoms with Crippen molar-refractivity contribution >= 4 is 17.6 Å². The lowest BCUT2D eigenvalue weighted by atomic mass is 10.2. The van der Waals surface area contributed by atoms with Crippen LogP contribution in [0, 0.1) is 0 Å². The van der Waals surface area contributed by atoms with Crippen LogP contribution in [-0.4, -0.2) is 21.5 Å². The smallest absolute Gasteiger partial charge is 0.315 e. The third-order valence-electron chi connectivity index (χ3n) is 3.03. The van der Waals surface area contributed by atoms with Gasteiger partial charge in [-0.05, 0) is 36.4 Å². The topological polar surface area (TPSA) is 104 Å². The zero-order valence-corrected chi connectivity index (χ0v) is 13.2. The summed E-state index contributed by atoms with van der Waals surface area (Å²) in [6, 6.07) is 15.8. The fourth-order valence-corrected chi connectivity index (χ4v) is 2.11. The molecular formula is C17H14ClNO5. The average Bonchev–Trinajstić information content (AvgIpc) is 2.91. The summed E-state index contributed by atoms with van der Waals surface area (Å²) < 4.78 is 11.2. The van der Waals surface area contributed by atoms with E-state index in [1.165, 1.54) is 0 Å². The van der Waals surface area contributed by atoms with Crippen LogP contribution in [0.25, 0.3) is 11.5 Å². The predicted octanol–water partition coefficient (Wildman–Crippen LogP) is 3.59. The van der Waals surface area contributed by atoms with Crippen molar-refractivity contribution in [1.29, 1.82) is 0 Å².